The van der Waals surface area contributed by atoms with E-state index in [2.05, 4.69) is 30.5 Å². The number of halogens is 1. The predicted octanol–water partition coefficient (Wildman–Crippen LogP) is 3.54. The lowest BCUT2D eigenvalue weighted by molar-refractivity contribution is 0.133. The molecule has 1 aliphatic heterocycles. The molecule has 128 valence electrons. The molecule has 1 heterocycles. The van der Waals surface area contributed by atoms with E-state index in [-0.39, 0.29) is 17.3 Å². The van der Waals surface area contributed by atoms with Gasteiger partial charge in [0.1, 0.15) is 12.1 Å². The van der Waals surface area contributed by atoms with Crippen LogP contribution < -0.4 is 5.32 Å². The first-order valence-electron chi connectivity index (χ1n) is 8.85. The van der Waals surface area contributed by atoms with Crippen LogP contribution in [0.1, 0.15) is 32.6 Å². The van der Waals surface area contributed by atoms with Gasteiger partial charge in [0.25, 0.3) is 0 Å². The Morgan fingerprint density at radius 2 is 2.12 bits per heavy atom. The molecule has 3 atom stereocenters. The van der Waals surface area contributed by atoms with Gasteiger partial charge in [-0.15, -0.1) is 0 Å². The molecule has 1 fully saturated rings. The topological polar surface area (TPSA) is 35.5 Å². The molecule has 0 spiro atoms. The van der Waals surface area contributed by atoms with E-state index >= 15 is 0 Å². The summed E-state index contributed by atoms with van der Waals surface area (Å²) in [6.07, 6.45) is 14.7. The Hall–Kier alpha value is -1.65. The molecule has 24 heavy (non-hydrogen) atoms. The number of nitrogens with one attached hydrogen (secondary N) is 1. The molecule has 0 aromatic heterocycles. The number of aliphatic hydroxyl groups is 1. The van der Waals surface area contributed by atoms with Crippen LogP contribution in [-0.4, -0.2) is 28.8 Å². The van der Waals surface area contributed by atoms with Crippen LogP contribution in [0.4, 0.5) is 4.39 Å². The summed E-state index contributed by atoms with van der Waals surface area (Å²) in [5.41, 5.74) is 3.22. The molecule has 2 N–H and O–H groups in total. The quantitative estimate of drug-likeness (QED) is 0.775. The minimum absolute atomic E-state index is 0.0392. The minimum atomic E-state index is -0.730. The average Bonchev–Trinajstić information content (AvgIpc) is 3.25. The number of nitrogens with zero attached hydrogens (tertiary/aromatic N) is 1. The zero-order valence-electron chi connectivity index (χ0n) is 14.3. The molecule has 3 unspecified atom stereocenters. The summed E-state index contributed by atoms with van der Waals surface area (Å²) in [6.45, 7) is 2.25. The van der Waals surface area contributed by atoms with E-state index in [1.54, 1.807) is 0 Å². The van der Waals surface area contributed by atoms with Crippen LogP contribution in [0.3, 0.4) is 0 Å². The average molecular weight is 328 g/mol. The number of aliphatic hydroxyl groups excluding tert-OH is 1. The Balaban J connectivity index is 1.51. The number of rotatable bonds is 4. The SMILES string of the molecule is CC1CC=CC=C1C1(NC(O)C2=CC3CC(F)=CC=C3N2C)CC1. The van der Waals surface area contributed by atoms with Gasteiger partial charge in [-0.05, 0) is 42.9 Å². The van der Waals surface area contributed by atoms with Crippen LogP contribution in [0.5, 0.6) is 0 Å². The van der Waals surface area contributed by atoms with E-state index in [0.717, 1.165) is 30.7 Å². The van der Waals surface area contributed by atoms with Crippen LogP contribution in [0.25, 0.3) is 0 Å². The summed E-state index contributed by atoms with van der Waals surface area (Å²) in [6, 6.07) is 0. The first kappa shape index (κ1) is 15.9. The monoisotopic (exact) mass is 328 g/mol. The molecule has 0 saturated heterocycles. The maximum absolute atomic E-state index is 13.5. The van der Waals surface area contributed by atoms with Gasteiger partial charge in [-0.25, -0.2) is 4.39 Å². The van der Waals surface area contributed by atoms with Gasteiger partial charge in [0.2, 0.25) is 0 Å². The largest absolute Gasteiger partial charge is 0.373 e. The summed E-state index contributed by atoms with van der Waals surface area (Å²) in [5.74, 6) is 0.456. The first-order chi connectivity index (χ1) is 11.5. The molecule has 0 aromatic carbocycles. The Kier molecular flexibility index (Phi) is 3.77. The van der Waals surface area contributed by atoms with Crippen LogP contribution in [0.2, 0.25) is 0 Å². The molecular weight excluding hydrogens is 303 g/mol. The standard InChI is InChI=1S/C20H25FN2O/c1-13-5-3-4-6-16(13)20(9-10-20)22-19(24)18-12-14-11-15(21)7-8-17(14)23(18)2/h3-4,6-8,12-14,19,22,24H,5,9-11H2,1-2H3. The number of hydrogen-bond acceptors (Lipinski definition) is 3. The fourth-order valence-corrected chi connectivity index (χ4v) is 4.28. The van der Waals surface area contributed by atoms with Crippen LogP contribution in [0.15, 0.2) is 59.3 Å². The lowest BCUT2D eigenvalue weighted by Gasteiger charge is -2.32. The van der Waals surface area contributed by atoms with Crippen molar-refractivity contribution in [3.8, 4) is 0 Å². The van der Waals surface area contributed by atoms with E-state index in [1.807, 2.05) is 24.1 Å². The first-order valence-corrected chi connectivity index (χ1v) is 8.85. The molecule has 1 saturated carbocycles. The Morgan fingerprint density at radius 1 is 1.33 bits per heavy atom. The van der Waals surface area contributed by atoms with E-state index in [4.69, 9.17) is 0 Å². The Labute approximate surface area is 142 Å². The van der Waals surface area contributed by atoms with Crippen molar-refractivity contribution in [3.63, 3.8) is 0 Å². The van der Waals surface area contributed by atoms with Gasteiger partial charge in [0.05, 0.1) is 5.70 Å². The highest BCUT2D eigenvalue weighted by atomic mass is 19.1. The van der Waals surface area contributed by atoms with Crippen molar-refractivity contribution in [2.45, 2.75) is 44.4 Å². The number of hydrogen-bond donors (Lipinski definition) is 2. The zero-order chi connectivity index (χ0) is 16.9. The highest BCUT2D eigenvalue weighted by molar-refractivity contribution is 5.39. The molecule has 0 radical (unpaired) electrons. The molecule has 0 aromatic rings. The van der Waals surface area contributed by atoms with Crippen molar-refractivity contribution in [2.75, 3.05) is 7.05 Å². The molecule has 4 aliphatic rings. The van der Waals surface area contributed by atoms with Gasteiger partial charge < -0.3 is 10.0 Å². The summed E-state index contributed by atoms with van der Waals surface area (Å²) in [5, 5.41) is 14.3. The Bertz CT molecular complexity index is 696. The van der Waals surface area contributed by atoms with Gasteiger partial charge in [-0.3, -0.25) is 5.32 Å². The fraction of sp³-hybridized carbons (Fsp3) is 0.500. The van der Waals surface area contributed by atoms with Gasteiger partial charge in [-0.2, -0.15) is 0 Å². The Morgan fingerprint density at radius 3 is 2.83 bits per heavy atom. The maximum atomic E-state index is 13.5. The van der Waals surface area contributed by atoms with Crippen molar-refractivity contribution in [1.29, 1.82) is 0 Å². The summed E-state index contributed by atoms with van der Waals surface area (Å²) in [7, 11) is 1.95. The van der Waals surface area contributed by atoms with Crippen LogP contribution in [-0.2, 0) is 0 Å². The van der Waals surface area contributed by atoms with Gasteiger partial charge in [-0.1, -0.05) is 31.2 Å². The van der Waals surface area contributed by atoms with Gasteiger partial charge in [0, 0.05) is 30.6 Å². The van der Waals surface area contributed by atoms with Gasteiger partial charge in [0.15, 0.2) is 0 Å². The third-order valence-electron chi connectivity index (χ3n) is 5.80. The van der Waals surface area contributed by atoms with E-state index in [0.29, 0.717) is 12.3 Å². The molecule has 4 rings (SSSR count). The van der Waals surface area contributed by atoms with Crippen LogP contribution >= 0.6 is 0 Å². The highest BCUT2D eigenvalue weighted by Crippen LogP contribution is 2.48. The van der Waals surface area contributed by atoms with E-state index < -0.39 is 6.23 Å². The molecular formula is C20H25FN2O. The maximum Gasteiger partial charge on any atom is 0.146 e. The van der Waals surface area contributed by atoms with Crippen molar-refractivity contribution in [1.82, 2.24) is 10.2 Å². The van der Waals surface area contributed by atoms with E-state index in [9.17, 15) is 9.50 Å². The van der Waals surface area contributed by atoms with Crippen molar-refractivity contribution in [2.24, 2.45) is 11.8 Å². The summed E-state index contributed by atoms with van der Waals surface area (Å²) < 4.78 is 13.5. The number of allylic oxidation sites excluding steroid dienone is 7. The normalized spacial score (nSPS) is 31.8. The summed E-state index contributed by atoms with van der Waals surface area (Å²) >= 11 is 0. The molecule has 0 amide bonds. The smallest absolute Gasteiger partial charge is 0.146 e. The zero-order valence-corrected chi connectivity index (χ0v) is 14.3. The summed E-state index contributed by atoms with van der Waals surface area (Å²) in [4.78, 5) is 2.00. The van der Waals surface area contributed by atoms with E-state index in [1.165, 1.54) is 11.6 Å². The molecule has 3 nitrogen and oxygen atoms in total. The second-order valence-electron chi connectivity index (χ2n) is 7.48. The third-order valence-corrected chi connectivity index (χ3v) is 5.80. The lowest BCUT2D eigenvalue weighted by Crippen LogP contribution is -2.45. The third kappa shape index (κ3) is 2.58. The second-order valence-corrected chi connectivity index (χ2v) is 7.48. The predicted molar refractivity (Wildman–Crippen MR) is 93.3 cm³/mol. The minimum Gasteiger partial charge on any atom is -0.373 e. The van der Waals surface area contributed by atoms with Crippen LogP contribution in [0, 0.1) is 11.8 Å². The molecule has 4 heteroatoms. The van der Waals surface area contributed by atoms with Crippen molar-refractivity contribution in [3.05, 3.63) is 59.3 Å². The highest BCUT2D eigenvalue weighted by Gasteiger charge is 2.49. The molecule has 0 bridgehead atoms. The van der Waals surface area contributed by atoms with Gasteiger partial charge >= 0.3 is 0 Å². The van der Waals surface area contributed by atoms with Crippen molar-refractivity contribution >= 4 is 0 Å². The molecule has 3 aliphatic carbocycles. The second kappa shape index (κ2) is 5.71. The number of likely N-dealkylation sites (N-methyl/N-ethyl adjacent to an activating group) is 1. The lowest BCUT2D eigenvalue weighted by atomic mass is 9.86. The van der Waals surface area contributed by atoms with Crippen molar-refractivity contribution < 1.29 is 9.50 Å². The number of fused-ring (bicyclic) bond motifs is 1. The fourth-order valence-electron chi connectivity index (χ4n) is 4.28.